The van der Waals surface area contributed by atoms with Gasteiger partial charge in [-0.15, -0.1) is 0 Å². The van der Waals surface area contributed by atoms with E-state index in [9.17, 15) is 0 Å². The van der Waals surface area contributed by atoms with Gasteiger partial charge in [0.15, 0.2) is 11.5 Å². The fourth-order valence-electron chi connectivity index (χ4n) is 3.55. The minimum absolute atomic E-state index is 0.451. The number of rotatable bonds is 6. The van der Waals surface area contributed by atoms with Crippen LogP contribution in [0.3, 0.4) is 0 Å². The summed E-state index contributed by atoms with van der Waals surface area (Å²) in [5.74, 6) is 2.34. The molecule has 1 atom stereocenters. The van der Waals surface area contributed by atoms with Gasteiger partial charge in [0, 0.05) is 31.1 Å². The summed E-state index contributed by atoms with van der Waals surface area (Å²) < 4.78 is 10.7. The van der Waals surface area contributed by atoms with Crippen LogP contribution in [0.25, 0.3) is 10.9 Å². The fourth-order valence-corrected chi connectivity index (χ4v) is 3.55. The molecular weight excluding hydrogens is 318 g/mol. The summed E-state index contributed by atoms with van der Waals surface area (Å²) in [5.41, 5.74) is 6.94. The Balaban J connectivity index is 1.91. The normalized spacial score (nSPS) is 17.8. The summed E-state index contributed by atoms with van der Waals surface area (Å²) in [4.78, 5) is 13.8. The molecule has 7 nitrogen and oxygen atoms in total. The van der Waals surface area contributed by atoms with Crippen molar-refractivity contribution in [3.05, 3.63) is 12.1 Å². The number of aromatic nitrogens is 2. The van der Waals surface area contributed by atoms with E-state index in [-0.39, 0.29) is 0 Å². The predicted octanol–water partition coefficient (Wildman–Crippen LogP) is 2.15. The van der Waals surface area contributed by atoms with Crippen molar-refractivity contribution >= 4 is 22.7 Å². The van der Waals surface area contributed by atoms with Crippen LogP contribution in [0.4, 0.5) is 11.8 Å². The smallest absolute Gasteiger partial charge is 0.227 e. The van der Waals surface area contributed by atoms with Crippen LogP contribution in [-0.2, 0) is 0 Å². The molecule has 2 aromatic rings. The van der Waals surface area contributed by atoms with Crippen LogP contribution in [0.5, 0.6) is 11.5 Å². The Morgan fingerprint density at radius 3 is 2.64 bits per heavy atom. The van der Waals surface area contributed by atoms with Gasteiger partial charge in [0.1, 0.15) is 5.82 Å². The van der Waals surface area contributed by atoms with Crippen LogP contribution in [-0.4, -0.2) is 61.8 Å². The van der Waals surface area contributed by atoms with Gasteiger partial charge in [0.25, 0.3) is 0 Å². The third kappa shape index (κ3) is 3.42. The number of nitrogens with two attached hydrogens (primary N) is 1. The molecule has 1 fully saturated rings. The van der Waals surface area contributed by atoms with E-state index in [1.807, 2.05) is 19.2 Å². The molecule has 1 aromatic heterocycles. The number of likely N-dealkylation sites (N-methyl/N-ethyl adjacent to an activating group) is 2. The molecule has 3 rings (SSSR count). The lowest BCUT2D eigenvalue weighted by Gasteiger charge is -2.28. The fraction of sp³-hybridized carbons (Fsp3) is 0.556. The van der Waals surface area contributed by atoms with E-state index >= 15 is 0 Å². The topological polar surface area (TPSA) is 76.7 Å². The molecule has 1 saturated heterocycles. The van der Waals surface area contributed by atoms with Crippen molar-refractivity contribution in [2.45, 2.75) is 25.8 Å². The quantitative estimate of drug-likeness (QED) is 0.859. The SMILES string of the molecule is CCN1CCCC1CN(C)c1nc(N)c2cc(OC)c(OC)cc2n1. The second-order valence-electron chi connectivity index (χ2n) is 6.44. The first-order valence-corrected chi connectivity index (χ1v) is 8.71. The van der Waals surface area contributed by atoms with E-state index in [1.54, 1.807) is 14.2 Å². The van der Waals surface area contributed by atoms with Crippen LogP contribution in [0.1, 0.15) is 19.8 Å². The lowest BCUT2D eigenvalue weighted by atomic mass is 10.2. The Bertz CT molecular complexity index is 752. The lowest BCUT2D eigenvalue weighted by Crippen LogP contribution is -2.39. The maximum absolute atomic E-state index is 6.19. The minimum Gasteiger partial charge on any atom is -0.493 e. The highest BCUT2D eigenvalue weighted by Gasteiger charge is 2.25. The van der Waals surface area contributed by atoms with Crippen molar-refractivity contribution in [2.75, 3.05) is 51.5 Å². The van der Waals surface area contributed by atoms with Gasteiger partial charge in [-0.25, -0.2) is 4.98 Å². The summed E-state index contributed by atoms with van der Waals surface area (Å²) in [7, 11) is 5.23. The van der Waals surface area contributed by atoms with E-state index in [2.05, 4.69) is 21.7 Å². The molecule has 1 aliphatic rings. The number of benzene rings is 1. The maximum atomic E-state index is 6.19. The molecule has 2 heterocycles. The van der Waals surface area contributed by atoms with Gasteiger partial charge >= 0.3 is 0 Å². The van der Waals surface area contributed by atoms with Crippen LogP contribution < -0.4 is 20.1 Å². The van der Waals surface area contributed by atoms with E-state index in [0.717, 1.165) is 24.0 Å². The summed E-state index contributed by atoms with van der Waals surface area (Å²) in [6, 6.07) is 4.21. The number of nitrogens with zero attached hydrogens (tertiary/aromatic N) is 4. The second-order valence-corrected chi connectivity index (χ2v) is 6.44. The average Bonchev–Trinajstić information content (AvgIpc) is 3.07. The molecule has 25 heavy (non-hydrogen) atoms. The number of ether oxygens (including phenoxy) is 2. The van der Waals surface area contributed by atoms with Crippen molar-refractivity contribution in [1.82, 2.24) is 14.9 Å². The predicted molar refractivity (Wildman–Crippen MR) is 101 cm³/mol. The van der Waals surface area contributed by atoms with Crippen LogP contribution in [0.2, 0.25) is 0 Å². The number of methoxy groups -OCH3 is 2. The highest BCUT2D eigenvalue weighted by atomic mass is 16.5. The first kappa shape index (κ1) is 17.5. The first-order chi connectivity index (χ1) is 12.1. The molecule has 7 heteroatoms. The van der Waals surface area contributed by atoms with Gasteiger partial charge in [0.2, 0.25) is 5.95 Å². The summed E-state index contributed by atoms with van der Waals surface area (Å²) in [6.45, 7) is 5.36. The van der Waals surface area contributed by atoms with Crippen molar-refractivity contribution in [3.63, 3.8) is 0 Å². The number of anilines is 2. The molecular formula is C18H27N5O2. The Kier molecular flexibility index (Phi) is 5.13. The monoisotopic (exact) mass is 345 g/mol. The molecule has 1 aromatic carbocycles. The summed E-state index contributed by atoms with van der Waals surface area (Å²) >= 11 is 0. The van der Waals surface area contributed by atoms with E-state index in [0.29, 0.717) is 29.3 Å². The largest absolute Gasteiger partial charge is 0.493 e. The number of likely N-dealkylation sites (tertiary alicyclic amines) is 1. The lowest BCUT2D eigenvalue weighted by molar-refractivity contribution is 0.270. The van der Waals surface area contributed by atoms with E-state index in [4.69, 9.17) is 20.2 Å². The van der Waals surface area contributed by atoms with E-state index < -0.39 is 0 Å². The molecule has 0 amide bonds. The average molecular weight is 345 g/mol. The minimum atomic E-state index is 0.451. The van der Waals surface area contributed by atoms with Gasteiger partial charge in [-0.3, -0.25) is 4.90 Å². The Morgan fingerprint density at radius 2 is 1.96 bits per heavy atom. The Morgan fingerprint density at radius 1 is 1.24 bits per heavy atom. The Hall–Kier alpha value is -2.28. The molecule has 1 aliphatic heterocycles. The number of nitrogen functional groups attached to an aromatic ring is 1. The highest BCUT2D eigenvalue weighted by Crippen LogP contribution is 2.34. The highest BCUT2D eigenvalue weighted by molar-refractivity contribution is 5.91. The van der Waals surface area contributed by atoms with Crippen molar-refractivity contribution < 1.29 is 9.47 Å². The molecule has 0 bridgehead atoms. The van der Waals surface area contributed by atoms with Gasteiger partial charge in [-0.2, -0.15) is 4.98 Å². The van der Waals surface area contributed by atoms with Gasteiger partial charge in [-0.1, -0.05) is 6.92 Å². The third-order valence-electron chi connectivity index (χ3n) is 4.95. The number of fused-ring (bicyclic) bond motifs is 1. The number of hydrogen-bond acceptors (Lipinski definition) is 7. The third-order valence-corrected chi connectivity index (χ3v) is 4.95. The molecule has 0 saturated carbocycles. The maximum Gasteiger partial charge on any atom is 0.227 e. The Labute approximate surface area is 148 Å². The first-order valence-electron chi connectivity index (χ1n) is 8.71. The van der Waals surface area contributed by atoms with Crippen molar-refractivity contribution in [3.8, 4) is 11.5 Å². The molecule has 0 aliphatic carbocycles. The van der Waals surface area contributed by atoms with Crippen LogP contribution in [0, 0.1) is 0 Å². The zero-order chi connectivity index (χ0) is 18.0. The van der Waals surface area contributed by atoms with Crippen LogP contribution in [0.15, 0.2) is 12.1 Å². The number of hydrogen-bond donors (Lipinski definition) is 1. The van der Waals surface area contributed by atoms with Crippen molar-refractivity contribution in [2.24, 2.45) is 0 Å². The zero-order valence-electron chi connectivity index (χ0n) is 15.5. The summed E-state index contributed by atoms with van der Waals surface area (Å²) in [5, 5.41) is 0.769. The molecule has 0 spiro atoms. The van der Waals surface area contributed by atoms with Gasteiger partial charge < -0.3 is 20.1 Å². The van der Waals surface area contributed by atoms with Gasteiger partial charge in [-0.05, 0) is 32.0 Å². The summed E-state index contributed by atoms with van der Waals surface area (Å²) in [6.07, 6.45) is 2.47. The molecule has 0 radical (unpaired) electrons. The van der Waals surface area contributed by atoms with Crippen LogP contribution >= 0.6 is 0 Å². The van der Waals surface area contributed by atoms with E-state index in [1.165, 1.54) is 19.4 Å². The van der Waals surface area contributed by atoms with Crippen molar-refractivity contribution in [1.29, 1.82) is 0 Å². The molecule has 1 unspecified atom stereocenters. The zero-order valence-corrected chi connectivity index (χ0v) is 15.5. The molecule has 2 N–H and O–H groups in total. The van der Waals surface area contributed by atoms with Gasteiger partial charge in [0.05, 0.1) is 19.7 Å². The standard InChI is InChI=1S/C18H27N5O2/c1-5-23-8-6-7-12(23)11-22(2)18-20-14-10-16(25-4)15(24-3)9-13(14)17(19)21-18/h9-10,12H,5-8,11H2,1-4H3,(H2,19,20,21). The molecule has 136 valence electrons. The second kappa shape index (κ2) is 7.31.